The third kappa shape index (κ3) is 27.8. The van der Waals surface area contributed by atoms with Crippen molar-refractivity contribution in [3.63, 3.8) is 0 Å². The van der Waals surface area contributed by atoms with E-state index in [9.17, 15) is 4.79 Å². The molecule has 198 valence electrons. The monoisotopic (exact) mass is 532 g/mol. The third-order valence-electron chi connectivity index (χ3n) is 6.62. The molecule has 0 amide bonds. The number of hydrogen-bond donors (Lipinski definition) is 0. The number of ether oxygens (including phenoxy) is 1. The number of likely N-dealkylation sites (N-methyl/N-ethyl adjacent to an activating group) is 1. The molecule has 0 heterocycles. The molecule has 4 heteroatoms. The summed E-state index contributed by atoms with van der Waals surface area (Å²) in [7, 11) is 4.53. The van der Waals surface area contributed by atoms with E-state index >= 15 is 0 Å². The predicted molar refractivity (Wildman–Crippen MR) is 151 cm³/mol. The number of carbonyl (C=O) groups excluding carboxylic acids is 1. The maximum absolute atomic E-state index is 11.9. The van der Waals surface area contributed by atoms with Crippen molar-refractivity contribution in [3.05, 3.63) is 12.7 Å². The minimum atomic E-state index is -0.0120. The van der Waals surface area contributed by atoms with Gasteiger partial charge in [-0.05, 0) is 32.1 Å². The van der Waals surface area contributed by atoms with Gasteiger partial charge in [0, 0.05) is 6.42 Å². The van der Waals surface area contributed by atoms with E-state index in [0.717, 1.165) is 30.3 Å². The molecule has 3 nitrogen and oxygen atoms in total. The van der Waals surface area contributed by atoms with Crippen molar-refractivity contribution in [2.45, 2.75) is 135 Å². The van der Waals surface area contributed by atoms with Crippen LogP contribution in [-0.4, -0.2) is 44.2 Å². The van der Waals surface area contributed by atoms with Crippen molar-refractivity contribution in [2.75, 3.05) is 33.8 Å². The van der Waals surface area contributed by atoms with Crippen LogP contribution in [0.3, 0.4) is 0 Å². The number of unbranched alkanes of at least 4 members (excludes halogenated alkanes) is 17. The molecular weight excluding hydrogens is 474 g/mol. The Morgan fingerprint density at radius 2 is 1.15 bits per heavy atom. The number of rotatable bonds is 25. The molecule has 0 aliphatic rings. The van der Waals surface area contributed by atoms with Gasteiger partial charge in [0.05, 0.1) is 20.6 Å². The molecule has 0 aromatic carbocycles. The summed E-state index contributed by atoms with van der Waals surface area (Å²) in [6.07, 6.45) is 27.6. The van der Waals surface area contributed by atoms with Crippen molar-refractivity contribution in [2.24, 2.45) is 0 Å². The van der Waals surface area contributed by atoms with Gasteiger partial charge in [0.1, 0.15) is 13.2 Å². The van der Waals surface area contributed by atoms with Gasteiger partial charge in [0.2, 0.25) is 0 Å². The Labute approximate surface area is 218 Å². The van der Waals surface area contributed by atoms with Gasteiger partial charge in [-0.15, -0.1) is 23.6 Å². The number of esters is 1. The highest BCUT2D eigenvalue weighted by Crippen LogP contribution is 2.13. The van der Waals surface area contributed by atoms with E-state index in [0.29, 0.717) is 13.0 Å². The molecule has 0 aromatic heterocycles. The smallest absolute Gasteiger partial charge is 0.305 e. The second-order valence-electron chi connectivity index (χ2n) is 10.4. The molecule has 0 rings (SSSR count). The maximum atomic E-state index is 11.9. The number of nitrogens with zero attached hydrogens (tertiary/aromatic N) is 1. The van der Waals surface area contributed by atoms with Crippen LogP contribution < -0.4 is 0 Å². The highest BCUT2D eigenvalue weighted by Gasteiger charge is 2.15. The molecule has 0 radical (unpaired) electrons. The van der Waals surface area contributed by atoms with Crippen LogP contribution in [0.1, 0.15) is 135 Å². The Morgan fingerprint density at radius 1 is 0.697 bits per heavy atom. The minimum Gasteiger partial charge on any atom is -0.460 e. The van der Waals surface area contributed by atoms with E-state index < -0.39 is 0 Å². The van der Waals surface area contributed by atoms with Crippen molar-refractivity contribution in [1.29, 1.82) is 0 Å². The second kappa shape index (κ2) is 26.3. The van der Waals surface area contributed by atoms with Gasteiger partial charge in [-0.1, -0.05) is 103 Å². The zero-order chi connectivity index (χ0) is 23.8. The van der Waals surface area contributed by atoms with E-state index in [4.69, 9.17) is 4.74 Å². The lowest BCUT2D eigenvalue weighted by molar-refractivity contribution is -0.890. The summed E-state index contributed by atoms with van der Waals surface area (Å²) in [4.78, 5) is 11.9. The van der Waals surface area contributed by atoms with Crippen LogP contribution in [0.2, 0.25) is 0 Å². The molecule has 0 aliphatic heterocycles. The number of halogens is 1. The Bertz CT molecular complexity index is 426. The summed E-state index contributed by atoms with van der Waals surface area (Å²) in [6, 6.07) is 0. The fraction of sp³-hybridized carbons (Fsp3) is 0.897. The molecular formula is C29H59BrNO2+. The van der Waals surface area contributed by atoms with E-state index in [1.165, 1.54) is 109 Å². The zero-order valence-corrected chi connectivity index (χ0v) is 24.4. The summed E-state index contributed by atoms with van der Waals surface area (Å²) in [6.45, 7) is 8.71. The average Bonchev–Trinajstić information content (AvgIpc) is 2.76. The SMILES string of the molecule is Br.C=CCCCCCCCCC(=O)OCC[N+](C)(C)CCCCCCCCCCCCCC. The fourth-order valence-corrected chi connectivity index (χ4v) is 4.24. The number of carbonyl (C=O) groups is 1. The van der Waals surface area contributed by atoms with Crippen molar-refractivity contribution in [1.82, 2.24) is 0 Å². The van der Waals surface area contributed by atoms with Crippen LogP contribution in [-0.2, 0) is 9.53 Å². The molecule has 0 aliphatic carbocycles. The first-order valence-electron chi connectivity index (χ1n) is 14.1. The van der Waals surface area contributed by atoms with E-state index in [2.05, 4.69) is 27.6 Å². The quantitative estimate of drug-likeness (QED) is 0.0506. The first-order valence-corrected chi connectivity index (χ1v) is 14.1. The Balaban J connectivity index is 0. The van der Waals surface area contributed by atoms with Crippen LogP contribution in [0.5, 0.6) is 0 Å². The standard InChI is InChI=1S/C29H58NO2.BrH/c1-5-7-9-11-13-15-16-17-18-20-22-24-26-30(3,4)27-28-32-29(31)25-23-21-19-14-12-10-8-6-2;/h6H,2,5,7-28H2,1,3-4H3;1H/q+1;. The average molecular weight is 534 g/mol. The first kappa shape index (κ1) is 34.8. The van der Waals surface area contributed by atoms with Crippen molar-refractivity contribution >= 4 is 23.0 Å². The minimum absolute atomic E-state index is 0. The van der Waals surface area contributed by atoms with Crippen LogP contribution in [0.15, 0.2) is 12.7 Å². The molecule has 0 atom stereocenters. The largest absolute Gasteiger partial charge is 0.460 e. The highest BCUT2D eigenvalue weighted by atomic mass is 79.9. The normalized spacial score (nSPS) is 11.2. The summed E-state index contributed by atoms with van der Waals surface area (Å²) < 4.78 is 6.44. The molecule has 0 saturated heterocycles. The van der Waals surface area contributed by atoms with Crippen LogP contribution >= 0.6 is 17.0 Å². The van der Waals surface area contributed by atoms with E-state index in [1.807, 2.05) is 6.08 Å². The lowest BCUT2D eigenvalue weighted by atomic mass is 10.1. The molecule has 0 unspecified atom stereocenters. The van der Waals surface area contributed by atoms with Gasteiger partial charge in [-0.3, -0.25) is 4.79 Å². The van der Waals surface area contributed by atoms with Gasteiger partial charge in [-0.2, -0.15) is 0 Å². The molecule has 0 aromatic rings. The Hall–Kier alpha value is -0.350. The van der Waals surface area contributed by atoms with Crippen LogP contribution in [0.25, 0.3) is 0 Å². The van der Waals surface area contributed by atoms with E-state index in [-0.39, 0.29) is 23.0 Å². The molecule has 0 N–H and O–H groups in total. The summed E-state index contributed by atoms with van der Waals surface area (Å²) in [5, 5.41) is 0. The molecule has 0 bridgehead atoms. The van der Waals surface area contributed by atoms with Gasteiger partial charge < -0.3 is 9.22 Å². The Kier molecular flexibility index (Phi) is 27.7. The molecule has 33 heavy (non-hydrogen) atoms. The molecule has 0 spiro atoms. The van der Waals surface area contributed by atoms with Gasteiger partial charge in [0.25, 0.3) is 0 Å². The van der Waals surface area contributed by atoms with Gasteiger partial charge >= 0.3 is 5.97 Å². The second-order valence-corrected chi connectivity index (χ2v) is 10.4. The summed E-state index contributed by atoms with van der Waals surface area (Å²) in [5.74, 6) is -0.0120. The van der Waals surface area contributed by atoms with Crippen molar-refractivity contribution in [3.8, 4) is 0 Å². The Morgan fingerprint density at radius 3 is 1.67 bits per heavy atom. The predicted octanol–water partition coefficient (Wildman–Crippen LogP) is 9.19. The fourth-order valence-electron chi connectivity index (χ4n) is 4.24. The summed E-state index contributed by atoms with van der Waals surface area (Å²) in [5.41, 5.74) is 0. The lowest BCUT2D eigenvalue weighted by Crippen LogP contribution is -2.43. The van der Waals surface area contributed by atoms with Crippen LogP contribution in [0.4, 0.5) is 0 Å². The van der Waals surface area contributed by atoms with E-state index in [1.54, 1.807) is 0 Å². The van der Waals surface area contributed by atoms with Gasteiger partial charge in [-0.25, -0.2) is 0 Å². The zero-order valence-electron chi connectivity index (χ0n) is 22.7. The van der Waals surface area contributed by atoms with Gasteiger partial charge in [0.15, 0.2) is 0 Å². The highest BCUT2D eigenvalue weighted by molar-refractivity contribution is 8.93. The maximum Gasteiger partial charge on any atom is 0.305 e. The molecule has 0 saturated carbocycles. The number of allylic oxidation sites excluding steroid dienone is 1. The first-order chi connectivity index (χ1) is 15.5. The third-order valence-corrected chi connectivity index (χ3v) is 6.62. The number of hydrogen-bond acceptors (Lipinski definition) is 2. The van der Waals surface area contributed by atoms with Crippen molar-refractivity contribution < 1.29 is 14.0 Å². The molecule has 0 fully saturated rings. The topological polar surface area (TPSA) is 26.3 Å². The summed E-state index contributed by atoms with van der Waals surface area (Å²) >= 11 is 0. The van der Waals surface area contributed by atoms with Crippen LogP contribution in [0, 0.1) is 0 Å². The lowest BCUT2D eigenvalue weighted by Gasteiger charge is -2.29. The number of quaternary nitrogens is 1.